The Morgan fingerprint density at radius 1 is 1.14 bits per heavy atom. The topological polar surface area (TPSA) is 36.0 Å². The van der Waals surface area contributed by atoms with E-state index in [1.54, 1.807) is 4.90 Å². The van der Waals surface area contributed by atoms with Gasteiger partial charge in [0, 0.05) is 36.9 Å². The fourth-order valence-corrected chi connectivity index (χ4v) is 4.03. The fourth-order valence-electron chi connectivity index (χ4n) is 3.80. The van der Waals surface area contributed by atoms with Gasteiger partial charge in [-0.25, -0.2) is 4.79 Å². The molecule has 2 rings (SSSR count). The van der Waals surface area contributed by atoms with Crippen LogP contribution in [0.25, 0.3) is 0 Å². The molecule has 1 aliphatic rings. The summed E-state index contributed by atoms with van der Waals surface area (Å²) in [7, 11) is 0. The second-order valence-electron chi connectivity index (χ2n) is 8.79. The number of carbonyl (C=O) groups is 1. The summed E-state index contributed by atoms with van der Waals surface area (Å²) < 4.78 is 5.51. The zero-order valence-electron chi connectivity index (χ0n) is 19.1. The molecule has 0 unspecified atom stereocenters. The number of rotatable bonds is 7. The Kier molecular flexibility index (Phi) is 8.65. The summed E-state index contributed by atoms with van der Waals surface area (Å²) in [6.07, 6.45) is 1.94. The van der Waals surface area contributed by atoms with E-state index in [1.165, 1.54) is 16.8 Å². The van der Waals surface area contributed by atoms with E-state index in [-0.39, 0.29) is 6.09 Å². The van der Waals surface area contributed by atoms with Crippen LogP contribution in [0.1, 0.15) is 52.2 Å². The summed E-state index contributed by atoms with van der Waals surface area (Å²) in [5.74, 6) is 0. The predicted octanol–water partition coefficient (Wildman–Crippen LogP) is 4.98. The van der Waals surface area contributed by atoms with Crippen molar-refractivity contribution in [3.8, 4) is 0 Å². The summed E-state index contributed by atoms with van der Waals surface area (Å²) in [6, 6.07) is 4.17. The van der Waals surface area contributed by atoms with Gasteiger partial charge < -0.3 is 19.4 Å². The van der Waals surface area contributed by atoms with Gasteiger partial charge in [-0.05, 0) is 83.4 Å². The van der Waals surface area contributed by atoms with Gasteiger partial charge in [0.1, 0.15) is 5.60 Å². The molecule has 6 heteroatoms. The van der Waals surface area contributed by atoms with Gasteiger partial charge in [0.05, 0.1) is 0 Å². The minimum atomic E-state index is -0.461. The molecular weight excluding hydrogens is 386 g/mol. The quantitative estimate of drug-likeness (QED) is 0.619. The largest absolute Gasteiger partial charge is 0.444 e. The molecule has 1 amide bonds. The zero-order valence-corrected chi connectivity index (χ0v) is 19.8. The van der Waals surface area contributed by atoms with E-state index < -0.39 is 5.60 Å². The summed E-state index contributed by atoms with van der Waals surface area (Å²) in [5.41, 5.74) is 3.37. The highest BCUT2D eigenvalue weighted by Gasteiger charge is 2.26. The van der Waals surface area contributed by atoms with E-state index in [0.717, 1.165) is 50.6 Å². The number of carbonyl (C=O) groups excluding carboxylic acids is 1. The van der Waals surface area contributed by atoms with Gasteiger partial charge in [-0.1, -0.05) is 25.4 Å². The van der Waals surface area contributed by atoms with Crippen molar-refractivity contribution in [2.45, 2.75) is 60.0 Å². The standard InChI is InChI=1S/C23H38ClN3O2/c1-7-25(8-2)11-9-10-19-16-20(24)17-21(18(19)3)26-12-14-27(15-13-26)22(28)29-23(4,5)6/h16-17H,7-15H2,1-6H3. The molecule has 0 saturated carbocycles. The van der Waals surface area contributed by atoms with Crippen LogP contribution in [-0.4, -0.2) is 67.3 Å². The first-order chi connectivity index (χ1) is 13.6. The number of halogens is 1. The number of hydrogen-bond acceptors (Lipinski definition) is 4. The van der Waals surface area contributed by atoms with Crippen molar-refractivity contribution in [2.24, 2.45) is 0 Å². The van der Waals surface area contributed by atoms with E-state index in [1.807, 2.05) is 20.8 Å². The molecule has 29 heavy (non-hydrogen) atoms. The molecule has 0 atom stereocenters. The van der Waals surface area contributed by atoms with Crippen LogP contribution in [0.15, 0.2) is 12.1 Å². The number of aryl methyl sites for hydroxylation is 1. The van der Waals surface area contributed by atoms with Gasteiger partial charge in [-0.3, -0.25) is 0 Å². The summed E-state index contributed by atoms with van der Waals surface area (Å²) >= 11 is 6.47. The maximum absolute atomic E-state index is 12.3. The number of ether oxygens (including phenoxy) is 1. The minimum absolute atomic E-state index is 0.225. The molecule has 1 heterocycles. The molecule has 0 aromatic heterocycles. The van der Waals surface area contributed by atoms with E-state index in [2.05, 4.69) is 42.7 Å². The Balaban J connectivity index is 2.00. The molecule has 164 valence electrons. The molecule has 0 bridgehead atoms. The lowest BCUT2D eigenvalue weighted by Crippen LogP contribution is -2.50. The lowest BCUT2D eigenvalue weighted by molar-refractivity contribution is 0.0240. The molecule has 1 fully saturated rings. The molecule has 0 aliphatic carbocycles. The Morgan fingerprint density at radius 3 is 2.31 bits per heavy atom. The lowest BCUT2D eigenvalue weighted by atomic mass is 10.0. The van der Waals surface area contributed by atoms with Crippen LogP contribution in [0.2, 0.25) is 5.02 Å². The van der Waals surface area contributed by atoms with Crippen LogP contribution in [0.4, 0.5) is 10.5 Å². The monoisotopic (exact) mass is 423 g/mol. The van der Waals surface area contributed by atoms with Crippen LogP contribution in [0.5, 0.6) is 0 Å². The molecule has 0 radical (unpaired) electrons. The van der Waals surface area contributed by atoms with Crippen LogP contribution in [-0.2, 0) is 11.2 Å². The summed E-state index contributed by atoms with van der Waals surface area (Å²) in [5, 5.41) is 0.790. The van der Waals surface area contributed by atoms with E-state index >= 15 is 0 Å². The number of benzene rings is 1. The van der Waals surface area contributed by atoms with Gasteiger partial charge in [0.15, 0.2) is 0 Å². The fraction of sp³-hybridized carbons (Fsp3) is 0.696. The number of nitrogens with zero attached hydrogens (tertiary/aromatic N) is 3. The molecular formula is C23H38ClN3O2. The predicted molar refractivity (Wildman–Crippen MR) is 122 cm³/mol. The Labute approximate surface area is 181 Å². The lowest BCUT2D eigenvalue weighted by Gasteiger charge is -2.37. The van der Waals surface area contributed by atoms with Crippen LogP contribution in [0, 0.1) is 6.92 Å². The molecule has 1 saturated heterocycles. The summed E-state index contributed by atoms with van der Waals surface area (Å²) in [4.78, 5) is 18.9. The third kappa shape index (κ3) is 7.07. The van der Waals surface area contributed by atoms with Crippen LogP contribution in [0.3, 0.4) is 0 Å². The van der Waals surface area contributed by atoms with Crippen molar-refractivity contribution in [1.29, 1.82) is 0 Å². The second kappa shape index (κ2) is 10.5. The Morgan fingerprint density at radius 2 is 1.76 bits per heavy atom. The van der Waals surface area contributed by atoms with Gasteiger partial charge >= 0.3 is 6.09 Å². The maximum atomic E-state index is 12.3. The zero-order chi connectivity index (χ0) is 21.6. The van der Waals surface area contributed by atoms with Crippen molar-refractivity contribution >= 4 is 23.4 Å². The van der Waals surface area contributed by atoms with Gasteiger partial charge in [-0.15, -0.1) is 0 Å². The SMILES string of the molecule is CCN(CC)CCCc1cc(Cl)cc(N2CCN(C(=O)OC(C)(C)C)CC2)c1C. The smallest absolute Gasteiger partial charge is 0.410 e. The van der Waals surface area contributed by atoms with Crippen LogP contribution >= 0.6 is 11.6 Å². The molecule has 1 aromatic carbocycles. The average Bonchev–Trinajstić information content (AvgIpc) is 2.66. The first-order valence-electron chi connectivity index (χ1n) is 10.9. The van der Waals surface area contributed by atoms with E-state index in [9.17, 15) is 4.79 Å². The summed E-state index contributed by atoms with van der Waals surface area (Å²) in [6.45, 7) is 18.5. The van der Waals surface area contributed by atoms with Crippen molar-refractivity contribution in [3.05, 3.63) is 28.3 Å². The second-order valence-corrected chi connectivity index (χ2v) is 9.23. The number of hydrogen-bond donors (Lipinski definition) is 0. The molecule has 0 spiro atoms. The third-order valence-electron chi connectivity index (χ3n) is 5.54. The highest BCUT2D eigenvalue weighted by molar-refractivity contribution is 6.31. The third-order valence-corrected chi connectivity index (χ3v) is 5.76. The number of piperazine rings is 1. The van der Waals surface area contributed by atoms with Crippen molar-refractivity contribution in [3.63, 3.8) is 0 Å². The minimum Gasteiger partial charge on any atom is -0.444 e. The first kappa shape index (κ1) is 23.8. The van der Waals surface area contributed by atoms with Gasteiger partial charge in [0.25, 0.3) is 0 Å². The van der Waals surface area contributed by atoms with Gasteiger partial charge in [0.2, 0.25) is 0 Å². The van der Waals surface area contributed by atoms with E-state index in [4.69, 9.17) is 16.3 Å². The highest BCUT2D eigenvalue weighted by Crippen LogP contribution is 2.30. The highest BCUT2D eigenvalue weighted by atomic mass is 35.5. The number of anilines is 1. The maximum Gasteiger partial charge on any atom is 0.410 e. The Hall–Kier alpha value is -1.46. The normalized spacial score (nSPS) is 15.2. The Bertz CT molecular complexity index is 675. The van der Waals surface area contributed by atoms with E-state index in [0.29, 0.717) is 13.1 Å². The molecule has 0 N–H and O–H groups in total. The molecule has 5 nitrogen and oxygen atoms in total. The first-order valence-corrected chi connectivity index (χ1v) is 11.3. The molecule has 1 aromatic rings. The van der Waals surface area contributed by atoms with Crippen molar-refractivity contribution < 1.29 is 9.53 Å². The molecule has 1 aliphatic heterocycles. The van der Waals surface area contributed by atoms with Crippen LogP contribution < -0.4 is 4.90 Å². The van der Waals surface area contributed by atoms with Crippen molar-refractivity contribution in [2.75, 3.05) is 50.7 Å². The number of amides is 1. The van der Waals surface area contributed by atoms with Gasteiger partial charge in [-0.2, -0.15) is 0 Å². The average molecular weight is 424 g/mol. The van der Waals surface area contributed by atoms with Crippen molar-refractivity contribution in [1.82, 2.24) is 9.80 Å².